The molecule has 0 fully saturated rings. The third-order valence-corrected chi connectivity index (χ3v) is 4.35. The highest BCUT2D eigenvalue weighted by Crippen LogP contribution is 2.27. The van der Waals surface area contributed by atoms with Gasteiger partial charge in [0.2, 0.25) is 5.95 Å². The van der Waals surface area contributed by atoms with Crippen molar-refractivity contribution >= 4 is 17.5 Å². The first-order valence-electron chi connectivity index (χ1n) is 9.35. The molecule has 0 aliphatic rings. The molecule has 31 heavy (non-hydrogen) atoms. The normalized spacial score (nSPS) is 11.7. The molecule has 1 unspecified atom stereocenters. The number of aryl methyl sites for hydroxylation is 1. The molecule has 0 aliphatic heterocycles. The second-order valence-electron chi connectivity index (χ2n) is 6.72. The minimum atomic E-state index is -0.716. The van der Waals surface area contributed by atoms with Gasteiger partial charge in [-0.2, -0.15) is 10.1 Å². The highest BCUT2D eigenvalue weighted by atomic mass is 19.1. The Hall–Kier alpha value is -3.73. The minimum Gasteiger partial charge on any atom is -0.497 e. The molecule has 0 aliphatic carbocycles. The van der Waals surface area contributed by atoms with Crippen LogP contribution in [-0.2, 0) is 0 Å². The molecular formula is C20H23FN6O4. The quantitative estimate of drug-likeness (QED) is 0.496. The number of benzene rings is 1. The number of amides is 1. The van der Waals surface area contributed by atoms with Crippen LogP contribution in [0.5, 0.6) is 11.5 Å². The standard InChI is InChI=1S/C20H23FN6O4/c1-11(10-28)23-19(29)16-9-27(26-12(16)2)18-17(21)8-22-20(25-18)24-13-5-14(30-3)7-15(6-13)31-4/h5-9,11,28H,10H2,1-4H3,(H,23,29)(H,22,24,25). The summed E-state index contributed by atoms with van der Waals surface area (Å²) < 4.78 is 26.1. The van der Waals surface area contributed by atoms with Gasteiger partial charge in [0.25, 0.3) is 5.91 Å². The zero-order valence-electron chi connectivity index (χ0n) is 17.5. The molecule has 2 heterocycles. The largest absolute Gasteiger partial charge is 0.497 e. The van der Waals surface area contributed by atoms with Gasteiger partial charge in [-0.3, -0.25) is 4.79 Å². The van der Waals surface area contributed by atoms with Crippen LogP contribution in [0, 0.1) is 12.7 Å². The van der Waals surface area contributed by atoms with Crippen LogP contribution in [0.3, 0.4) is 0 Å². The molecule has 3 N–H and O–H groups in total. The number of rotatable bonds is 8. The van der Waals surface area contributed by atoms with Crippen molar-refractivity contribution in [3.05, 3.63) is 47.7 Å². The van der Waals surface area contributed by atoms with Gasteiger partial charge in [0.05, 0.1) is 38.3 Å². The number of carbonyl (C=O) groups is 1. The average Bonchev–Trinajstić information content (AvgIpc) is 3.16. The molecule has 1 amide bonds. The molecular weight excluding hydrogens is 407 g/mol. The Labute approximate surface area is 178 Å². The fraction of sp³-hybridized carbons (Fsp3) is 0.300. The van der Waals surface area contributed by atoms with Crippen LogP contribution in [0.4, 0.5) is 16.0 Å². The van der Waals surface area contributed by atoms with E-state index in [4.69, 9.17) is 14.6 Å². The van der Waals surface area contributed by atoms with Crippen LogP contribution >= 0.6 is 0 Å². The van der Waals surface area contributed by atoms with Gasteiger partial charge in [0, 0.05) is 36.1 Å². The van der Waals surface area contributed by atoms with Crippen molar-refractivity contribution in [1.82, 2.24) is 25.1 Å². The molecule has 1 atom stereocenters. The Morgan fingerprint density at radius 1 is 1.26 bits per heavy atom. The lowest BCUT2D eigenvalue weighted by atomic mass is 10.2. The predicted octanol–water partition coefficient (Wildman–Crippen LogP) is 1.98. The molecule has 10 nitrogen and oxygen atoms in total. The number of aromatic nitrogens is 4. The third-order valence-electron chi connectivity index (χ3n) is 4.35. The highest BCUT2D eigenvalue weighted by Gasteiger charge is 2.18. The van der Waals surface area contributed by atoms with Gasteiger partial charge < -0.3 is 25.2 Å². The maximum atomic E-state index is 14.5. The molecule has 3 aromatic rings. The van der Waals surface area contributed by atoms with Gasteiger partial charge in [-0.25, -0.2) is 14.1 Å². The molecule has 2 aromatic heterocycles. The summed E-state index contributed by atoms with van der Waals surface area (Å²) in [5.74, 6) is -0.0580. The lowest BCUT2D eigenvalue weighted by Gasteiger charge is -2.11. The van der Waals surface area contributed by atoms with Crippen LogP contribution in [-0.4, -0.2) is 57.6 Å². The average molecular weight is 430 g/mol. The monoisotopic (exact) mass is 430 g/mol. The molecule has 3 rings (SSSR count). The number of nitrogens with one attached hydrogen (secondary N) is 2. The lowest BCUT2D eigenvalue weighted by molar-refractivity contribution is 0.0921. The summed E-state index contributed by atoms with van der Waals surface area (Å²) in [4.78, 5) is 20.5. The highest BCUT2D eigenvalue weighted by molar-refractivity contribution is 5.95. The number of aliphatic hydroxyl groups excluding tert-OH is 1. The second-order valence-corrected chi connectivity index (χ2v) is 6.72. The van der Waals surface area contributed by atoms with E-state index in [9.17, 15) is 9.18 Å². The van der Waals surface area contributed by atoms with Gasteiger partial charge in [0.15, 0.2) is 11.6 Å². The van der Waals surface area contributed by atoms with Crippen molar-refractivity contribution in [3.63, 3.8) is 0 Å². The zero-order valence-corrected chi connectivity index (χ0v) is 17.5. The maximum absolute atomic E-state index is 14.5. The second kappa shape index (κ2) is 9.39. The van der Waals surface area contributed by atoms with Crippen molar-refractivity contribution < 1.29 is 23.8 Å². The number of nitrogens with zero attached hydrogens (tertiary/aromatic N) is 4. The first kappa shape index (κ1) is 22.0. The maximum Gasteiger partial charge on any atom is 0.255 e. The van der Waals surface area contributed by atoms with Crippen molar-refractivity contribution in [2.24, 2.45) is 0 Å². The predicted molar refractivity (Wildman–Crippen MR) is 111 cm³/mol. The number of methoxy groups -OCH3 is 2. The van der Waals surface area contributed by atoms with Gasteiger partial charge in [-0.15, -0.1) is 0 Å². The van der Waals surface area contributed by atoms with Crippen LogP contribution < -0.4 is 20.1 Å². The Morgan fingerprint density at radius 3 is 2.55 bits per heavy atom. The summed E-state index contributed by atoms with van der Waals surface area (Å²) in [6, 6.07) is 4.69. The van der Waals surface area contributed by atoms with Crippen molar-refractivity contribution in [3.8, 4) is 17.3 Å². The third kappa shape index (κ3) is 5.07. The van der Waals surface area contributed by atoms with Crippen molar-refractivity contribution in [2.45, 2.75) is 19.9 Å². The van der Waals surface area contributed by atoms with E-state index in [1.807, 2.05) is 0 Å². The van der Waals surface area contributed by atoms with E-state index in [1.54, 1.807) is 32.0 Å². The number of ether oxygens (including phenoxy) is 2. The van der Waals surface area contributed by atoms with Gasteiger partial charge in [-0.1, -0.05) is 0 Å². The minimum absolute atomic E-state index is 0.111. The molecule has 0 saturated carbocycles. The van der Waals surface area contributed by atoms with E-state index in [0.717, 1.165) is 6.20 Å². The summed E-state index contributed by atoms with van der Waals surface area (Å²) in [7, 11) is 3.06. The Kier molecular flexibility index (Phi) is 6.65. The van der Waals surface area contributed by atoms with Gasteiger partial charge in [-0.05, 0) is 13.8 Å². The number of aliphatic hydroxyl groups is 1. The molecule has 0 spiro atoms. The fourth-order valence-electron chi connectivity index (χ4n) is 2.73. The molecule has 0 radical (unpaired) electrons. The molecule has 0 saturated heterocycles. The van der Waals surface area contributed by atoms with E-state index in [-0.39, 0.29) is 23.9 Å². The Bertz CT molecular complexity index is 1070. The van der Waals surface area contributed by atoms with Crippen LogP contribution in [0.15, 0.2) is 30.6 Å². The summed E-state index contributed by atoms with van der Waals surface area (Å²) in [6.07, 6.45) is 2.38. The number of carbonyl (C=O) groups excluding carboxylic acids is 1. The number of halogens is 1. The molecule has 0 bridgehead atoms. The van der Waals surface area contributed by atoms with Crippen LogP contribution in [0.25, 0.3) is 5.82 Å². The zero-order chi connectivity index (χ0) is 22.5. The lowest BCUT2D eigenvalue weighted by Crippen LogP contribution is -2.35. The van der Waals surface area contributed by atoms with Crippen molar-refractivity contribution in [2.75, 3.05) is 26.1 Å². The molecule has 1 aromatic carbocycles. The van der Waals surface area contributed by atoms with Crippen molar-refractivity contribution in [1.29, 1.82) is 0 Å². The summed E-state index contributed by atoms with van der Waals surface area (Å²) in [5.41, 5.74) is 1.20. The van der Waals surface area contributed by atoms with Crippen LogP contribution in [0.1, 0.15) is 23.0 Å². The Morgan fingerprint density at radius 2 is 1.94 bits per heavy atom. The molecule has 164 valence electrons. The SMILES string of the molecule is COc1cc(Nc2ncc(F)c(-n3cc(C(=O)NC(C)CO)c(C)n3)n2)cc(OC)c1. The molecule has 11 heteroatoms. The summed E-state index contributed by atoms with van der Waals surface area (Å²) >= 11 is 0. The topological polar surface area (TPSA) is 123 Å². The number of anilines is 2. The first-order valence-corrected chi connectivity index (χ1v) is 9.35. The number of hydrogen-bond acceptors (Lipinski definition) is 8. The van der Waals surface area contributed by atoms with E-state index >= 15 is 0 Å². The van der Waals surface area contributed by atoms with Crippen LogP contribution in [0.2, 0.25) is 0 Å². The van der Waals surface area contributed by atoms with E-state index in [1.165, 1.54) is 25.1 Å². The fourth-order valence-corrected chi connectivity index (χ4v) is 2.73. The summed E-state index contributed by atoms with van der Waals surface area (Å²) in [5, 5.41) is 18.9. The van der Waals surface area contributed by atoms with E-state index < -0.39 is 17.8 Å². The number of hydrogen-bond donors (Lipinski definition) is 3. The van der Waals surface area contributed by atoms with Gasteiger partial charge >= 0.3 is 0 Å². The Balaban J connectivity index is 1.90. The summed E-state index contributed by atoms with van der Waals surface area (Å²) in [6.45, 7) is 3.08. The van der Waals surface area contributed by atoms with E-state index in [0.29, 0.717) is 22.9 Å². The first-order chi connectivity index (χ1) is 14.8. The van der Waals surface area contributed by atoms with Gasteiger partial charge in [0.1, 0.15) is 11.5 Å². The smallest absolute Gasteiger partial charge is 0.255 e. The van der Waals surface area contributed by atoms with E-state index in [2.05, 4.69) is 25.7 Å².